The van der Waals surface area contributed by atoms with E-state index < -0.39 is 0 Å². The molecule has 0 bridgehead atoms. The smallest absolute Gasteiger partial charge is 0.122 e. The van der Waals surface area contributed by atoms with Crippen LogP contribution in [0.5, 0.6) is 5.75 Å². The summed E-state index contributed by atoms with van der Waals surface area (Å²) in [6.07, 6.45) is 1.04. The number of hydrogen-bond acceptors (Lipinski definition) is 1. The Bertz CT molecular complexity index is 666. The van der Waals surface area contributed by atoms with Gasteiger partial charge in [0.1, 0.15) is 5.75 Å². The van der Waals surface area contributed by atoms with Gasteiger partial charge in [0, 0.05) is 15.2 Å². The largest absolute Gasteiger partial charge is 0.493 e. The Hall–Kier alpha value is -0.800. The van der Waals surface area contributed by atoms with Crippen LogP contribution in [0, 0.1) is 13.8 Å². The van der Waals surface area contributed by atoms with E-state index in [0.717, 1.165) is 18.8 Å². The van der Waals surface area contributed by atoms with Crippen molar-refractivity contribution in [2.24, 2.45) is 0 Å². The Morgan fingerprint density at radius 3 is 2.71 bits per heavy atom. The first-order valence-electron chi connectivity index (χ1n) is 7.20. The maximum atomic E-state index is 5.78. The highest BCUT2D eigenvalue weighted by atomic mass is 79.9. The normalized spacial score (nSPS) is 18.8. The summed E-state index contributed by atoms with van der Waals surface area (Å²) in [5.74, 6) is 1.49. The molecule has 0 amide bonds. The molecule has 0 saturated carbocycles. The van der Waals surface area contributed by atoms with Crippen molar-refractivity contribution >= 4 is 31.9 Å². The number of halogens is 2. The molecule has 2 aromatic rings. The van der Waals surface area contributed by atoms with E-state index >= 15 is 0 Å². The number of fused-ring (bicyclic) bond motifs is 1. The number of alkyl halides is 1. The van der Waals surface area contributed by atoms with Gasteiger partial charge in [-0.25, -0.2) is 0 Å². The van der Waals surface area contributed by atoms with Crippen LogP contribution in [-0.2, 0) is 0 Å². The Balaban J connectivity index is 2.00. The lowest BCUT2D eigenvalue weighted by Gasteiger charge is -2.30. The van der Waals surface area contributed by atoms with Crippen LogP contribution in [0.1, 0.15) is 39.4 Å². The maximum Gasteiger partial charge on any atom is 0.122 e. The summed E-state index contributed by atoms with van der Waals surface area (Å²) in [6, 6.07) is 12.9. The van der Waals surface area contributed by atoms with Gasteiger partial charge in [-0.3, -0.25) is 0 Å². The van der Waals surface area contributed by atoms with E-state index in [9.17, 15) is 0 Å². The molecule has 2 aromatic carbocycles. The van der Waals surface area contributed by atoms with Gasteiger partial charge in [-0.05, 0) is 54.7 Å². The first-order chi connectivity index (χ1) is 10.1. The van der Waals surface area contributed by atoms with Crippen LogP contribution in [0.15, 0.2) is 40.9 Å². The minimum absolute atomic E-state index is 0.314. The molecule has 3 rings (SSSR count). The van der Waals surface area contributed by atoms with Crippen LogP contribution in [0.4, 0.5) is 0 Å². The number of hydrogen-bond donors (Lipinski definition) is 0. The average Bonchev–Trinajstić information content (AvgIpc) is 2.49. The fourth-order valence-corrected chi connectivity index (χ4v) is 4.49. The Morgan fingerprint density at radius 1 is 1.14 bits per heavy atom. The van der Waals surface area contributed by atoms with Gasteiger partial charge in [-0.1, -0.05) is 56.1 Å². The molecule has 1 aliphatic rings. The van der Waals surface area contributed by atoms with E-state index in [4.69, 9.17) is 4.74 Å². The number of benzene rings is 2. The minimum atomic E-state index is 0.314. The Kier molecular flexibility index (Phi) is 4.41. The lowest BCUT2D eigenvalue weighted by atomic mass is 9.86. The zero-order chi connectivity index (χ0) is 15.0. The van der Waals surface area contributed by atoms with E-state index in [1.165, 1.54) is 26.7 Å². The highest BCUT2D eigenvalue weighted by Crippen LogP contribution is 2.46. The predicted molar refractivity (Wildman–Crippen MR) is 94.6 cm³/mol. The first-order valence-corrected chi connectivity index (χ1v) is 8.91. The van der Waals surface area contributed by atoms with Gasteiger partial charge in [0.25, 0.3) is 0 Å². The molecule has 0 fully saturated rings. The zero-order valence-electron chi connectivity index (χ0n) is 12.2. The number of para-hydroxylation sites is 1. The summed E-state index contributed by atoms with van der Waals surface area (Å²) in [6.45, 7) is 5.11. The summed E-state index contributed by atoms with van der Waals surface area (Å²) >= 11 is 7.57. The average molecular weight is 410 g/mol. The van der Waals surface area contributed by atoms with Crippen molar-refractivity contribution < 1.29 is 4.74 Å². The lowest BCUT2D eigenvalue weighted by Crippen LogP contribution is -2.18. The third-order valence-corrected chi connectivity index (χ3v) is 6.19. The van der Waals surface area contributed by atoms with Gasteiger partial charge in [-0.2, -0.15) is 0 Å². The van der Waals surface area contributed by atoms with Crippen LogP contribution in [-0.4, -0.2) is 6.61 Å². The van der Waals surface area contributed by atoms with Crippen molar-refractivity contribution in [2.75, 3.05) is 6.61 Å². The molecule has 2 atom stereocenters. The van der Waals surface area contributed by atoms with Crippen molar-refractivity contribution in [1.82, 2.24) is 0 Å². The number of aryl methyl sites for hydroxylation is 2. The van der Waals surface area contributed by atoms with E-state index in [-0.39, 0.29) is 0 Å². The topological polar surface area (TPSA) is 9.23 Å². The zero-order valence-corrected chi connectivity index (χ0v) is 15.4. The molecule has 0 aromatic heterocycles. The van der Waals surface area contributed by atoms with Crippen LogP contribution < -0.4 is 4.74 Å². The second-order valence-electron chi connectivity index (χ2n) is 5.64. The van der Waals surface area contributed by atoms with E-state index in [1.54, 1.807) is 0 Å². The quantitative estimate of drug-likeness (QED) is 0.547. The van der Waals surface area contributed by atoms with E-state index in [2.05, 4.69) is 76.0 Å². The third-order valence-electron chi connectivity index (χ3n) is 4.20. The molecule has 1 heterocycles. The van der Waals surface area contributed by atoms with Crippen LogP contribution >= 0.6 is 31.9 Å². The molecule has 21 heavy (non-hydrogen) atoms. The van der Waals surface area contributed by atoms with Gasteiger partial charge in [0.2, 0.25) is 0 Å². The fourth-order valence-electron chi connectivity index (χ4n) is 2.99. The summed E-state index contributed by atoms with van der Waals surface area (Å²) in [7, 11) is 0. The third kappa shape index (κ3) is 2.91. The van der Waals surface area contributed by atoms with Crippen molar-refractivity contribution in [1.29, 1.82) is 0 Å². The predicted octanol–water partition coefficient (Wildman–Crippen LogP) is 6.07. The molecule has 0 aliphatic carbocycles. The molecule has 1 nitrogen and oxygen atoms in total. The fraction of sp³-hybridized carbons (Fsp3) is 0.333. The SMILES string of the molecule is Cc1cc(C(Br)C2CCOc3ccccc32)c(C)cc1Br. The second-order valence-corrected chi connectivity index (χ2v) is 7.48. The number of rotatable bonds is 2. The van der Waals surface area contributed by atoms with Gasteiger partial charge in [0.05, 0.1) is 6.61 Å². The molecular formula is C18H18Br2O. The molecule has 3 heteroatoms. The Morgan fingerprint density at radius 2 is 1.90 bits per heavy atom. The van der Waals surface area contributed by atoms with Crippen molar-refractivity contribution in [3.63, 3.8) is 0 Å². The minimum Gasteiger partial charge on any atom is -0.493 e. The van der Waals surface area contributed by atoms with Gasteiger partial charge in [-0.15, -0.1) is 0 Å². The molecule has 1 aliphatic heterocycles. The van der Waals surface area contributed by atoms with E-state index in [0.29, 0.717) is 10.7 Å². The molecule has 110 valence electrons. The van der Waals surface area contributed by atoms with Gasteiger partial charge < -0.3 is 4.74 Å². The molecular weight excluding hydrogens is 392 g/mol. The monoisotopic (exact) mass is 408 g/mol. The standard InChI is InChI=1S/C18H18Br2O/c1-11-10-16(19)12(2)9-15(11)18(20)14-7-8-21-17-6-4-3-5-13(14)17/h3-6,9-10,14,18H,7-8H2,1-2H3. The van der Waals surface area contributed by atoms with Crippen LogP contribution in [0.2, 0.25) is 0 Å². The van der Waals surface area contributed by atoms with Crippen molar-refractivity contribution in [2.45, 2.75) is 31.0 Å². The van der Waals surface area contributed by atoms with Gasteiger partial charge in [0.15, 0.2) is 0 Å². The molecule has 0 saturated heterocycles. The summed E-state index contributed by atoms with van der Waals surface area (Å²) in [4.78, 5) is 0.314. The summed E-state index contributed by atoms with van der Waals surface area (Å²) in [5.41, 5.74) is 5.28. The first kappa shape index (κ1) is 15.1. The maximum absolute atomic E-state index is 5.78. The molecule has 0 spiro atoms. The number of ether oxygens (including phenoxy) is 1. The molecule has 0 radical (unpaired) electrons. The van der Waals surface area contributed by atoms with Crippen LogP contribution in [0.25, 0.3) is 0 Å². The van der Waals surface area contributed by atoms with Crippen molar-refractivity contribution in [3.05, 3.63) is 63.1 Å². The Labute approximate surface area is 143 Å². The lowest BCUT2D eigenvalue weighted by molar-refractivity contribution is 0.266. The summed E-state index contributed by atoms with van der Waals surface area (Å²) < 4.78 is 6.96. The summed E-state index contributed by atoms with van der Waals surface area (Å²) in [5, 5.41) is 0. The van der Waals surface area contributed by atoms with Crippen LogP contribution in [0.3, 0.4) is 0 Å². The van der Waals surface area contributed by atoms with E-state index in [1.807, 2.05) is 6.07 Å². The molecule has 2 unspecified atom stereocenters. The second kappa shape index (κ2) is 6.13. The molecule has 0 N–H and O–H groups in total. The highest BCUT2D eigenvalue weighted by molar-refractivity contribution is 9.10. The van der Waals surface area contributed by atoms with Crippen molar-refractivity contribution in [3.8, 4) is 5.75 Å². The van der Waals surface area contributed by atoms with Gasteiger partial charge >= 0.3 is 0 Å². The highest BCUT2D eigenvalue weighted by Gasteiger charge is 2.29.